The lowest BCUT2D eigenvalue weighted by atomic mass is 9.86. The van der Waals surface area contributed by atoms with Gasteiger partial charge in [-0.3, -0.25) is 0 Å². The molecule has 2 heteroatoms. The van der Waals surface area contributed by atoms with E-state index in [9.17, 15) is 0 Å². The predicted molar refractivity (Wildman–Crippen MR) is 40.0 cm³/mol. The van der Waals surface area contributed by atoms with Crippen LogP contribution >= 0.6 is 0 Å². The van der Waals surface area contributed by atoms with Gasteiger partial charge in [-0.25, -0.2) is 0 Å². The quantitative estimate of drug-likeness (QED) is 0.525. The molecule has 1 aliphatic heterocycles. The average Bonchev–Trinajstić information content (AvgIpc) is 2.64. The van der Waals surface area contributed by atoms with E-state index in [-0.39, 0.29) is 0 Å². The summed E-state index contributed by atoms with van der Waals surface area (Å²) < 4.78 is 10.9. The van der Waals surface area contributed by atoms with Gasteiger partial charge >= 0.3 is 0 Å². The number of hydrogen-bond donors (Lipinski definition) is 0. The molecule has 3 aliphatic rings. The summed E-state index contributed by atoms with van der Waals surface area (Å²) in [6, 6.07) is 0. The Kier molecular flexibility index (Phi) is 1.29. The van der Waals surface area contributed by atoms with Crippen molar-refractivity contribution >= 4 is 0 Å². The SMILES string of the molecule is C1OC[C@H]2[C@H]3CC[C@H](C3)[C@H]2O1. The lowest BCUT2D eigenvalue weighted by molar-refractivity contribution is -0.183. The zero-order valence-corrected chi connectivity index (χ0v) is 6.66. The Labute approximate surface area is 66.9 Å². The molecular formula is C9H14O2. The van der Waals surface area contributed by atoms with Gasteiger partial charge in [-0.2, -0.15) is 0 Å². The molecule has 0 aromatic heterocycles. The lowest BCUT2D eigenvalue weighted by Gasteiger charge is -2.34. The second kappa shape index (κ2) is 2.20. The third-order valence-electron chi connectivity index (χ3n) is 3.66. The van der Waals surface area contributed by atoms with Gasteiger partial charge in [0, 0.05) is 5.92 Å². The van der Waals surface area contributed by atoms with E-state index in [1.54, 1.807) is 0 Å². The van der Waals surface area contributed by atoms with Crippen LogP contribution in [0.15, 0.2) is 0 Å². The zero-order chi connectivity index (χ0) is 7.26. The van der Waals surface area contributed by atoms with Crippen LogP contribution in [0.4, 0.5) is 0 Å². The van der Waals surface area contributed by atoms with Crippen LogP contribution in [0.3, 0.4) is 0 Å². The molecule has 1 saturated heterocycles. The van der Waals surface area contributed by atoms with Gasteiger partial charge in [-0.05, 0) is 31.1 Å². The first-order valence-corrected chi connectivity index (χ1v) is 4.64. The topological polar surface area (TPSA) is 18.5 Å². The van der Waals surface area contributed by atoms with E-state index in [4.69, 9.17) is 9.47 Å². The molecule has 2 bridgehead atoms. The fourth-order valence-electron chi connectivity index (χ4n) is 3.16. The van der Waals surface area contributed by atoms with Crippen LogP contribution in [0.1, 0.15) is 19.3 Å². The molecular weight excluding hydrogens is 140 g/mol. The minimum absolute atomic E-state index is 0.546. The maximum absolute atomic E-state index is 5.61. The standard InChI is InChI=1S/C9H14O2/c1-2-7-3-6(1)8-4-10-5-11-9(7)8/h6-9H,1-5H2/t6-,7+,8-,9+/m0/s1. The molecule has 0 amide bonds. The Balaban J connectivity index is 1.84. The minimum Gasteiger partial charge on any atom is -0.355 e. The van der Waals surface area contributed by atoms with Crippen molar-refractivity contribution in [2.75, 3.05) is 13.4 Å². The highest BCUT2D eigenvalue weighted by molar-refractivity contribution is 4.98. The average molecular weight is 154 g/mol. The Morgan fingerprint density at radius 1 is 1.09 bits per heavy atom. The first-order valence-electron chi connectivity index (χ1n) is 4.64. The predicted octanol–water partition coefficient (Wildman–Crippen LogP) is 1.41. The summed E-state index contributed by atoms with van der Waals surface area (Å²) in [7, 11) is 0. The van der Waals surface area contributed by atoms with Crippen molar-refractivity contribution in [1.29, 1.82) is 0 Å². The number of ether oxygens (including phenoxy) is 2. The third-order valence-corrected chi connectivity index (χ3v) is 3.66. The maximum Gasteiger partial charge on any atom is 0.147 e. The van der Waals surface area contributed by atoms with E-state index >= 15 is 0 Å². The number of hydrogen-bond acceptors (Lipinski definition) is 2. The van der Waals surface area contributed by atoms with E-state index in [1.807, 2.05) is 0 Å². The van der Waals surface area contributed by atoms with Crippen molar-refractivity contribution in [1.82, 2.24) is 0 Å². The summed E-state index contributed by atoms with van der Waals surface area (Å²) in [4.78, 5) is 0. The molecule has 1 heterocycles. The normalized spacial score (nSPS) is 54.5. The molecule has 3 fully saturated rings. The van der Waals surface area contributed by atoms with Gasteiger partial charge in [-0.1, -0.05) is 0 Å². The van der Waals surface area contributed by atoms with Gasteiger partial charge in [0.2, 0.25) is 0 Å². The highest BCUT2D eigenvalue weighted by atomic mass is 16.7. The molecule has 0 unspecified atom stereocenters. The largest absolute Gasteiger partial charge is 0.355 e. The Morgan fingerprint density at radius 2 is 2.00 bits per heavy atom. The number of fused-ring (bicyclic) bond motifs is 5. The van der Waals surface area contributed by atoms with E-state index in [1.165, 1.54) is 19.3 Å². The summed E-state index contributed by atoms with van der Waals surface area (Å²) in [6.07, 6.45) is 4.82. The van der Waals surface area contributed by atoms with Gasteiger partial charge in [0.15, 0.2) is 0 Å². The first kappa shape index (κ1) is 6.44. The highest BCUT2D eigenvalue weighted by Gasteiger charge is 2.49. The van der Waals surface area contributed by atoms with Crippen LogP contribution in [0.2, 0.25) is 0 Å². The van der Waals surface area contributed by atoms with E-state index in [0.717, 1.165) is 24.4 Å². The number of rotatable bonds is 0. The van der Waals surface area contributed by atoms with Crippen molar-refractivity contribution in [2.45, 2.75) is 25.4 Å². The van der Waals surface area contributed by atoms with E-state index in [0.29, 0.717) is 12.9 Å². The molecule has 2 saturated carbocycles. The van der Waals surface area contributed by atoms with Gasteiger partial charge < -0.3 is 9.47 Å². The summed E-state index contributed by atoms with van der Waals surface area (Å²) in [5.74, 6) is 2.57. The molecule has 62 valence electrons. The summed E-state index contributed by atoms with van der Waals surface area (Å²) in [5.41, 5.74) is 0. The van der Waals surface area contributed by atoms with Crippen LogP contribution in [-0.2, 0) is 9.47 Å². The van der Waals surface area contributed by atoms with Crippen LogP contribution < -0.4 is 0 Å². The van der Waals surface area contributed by atoms with Crippen molar-refractivity contribution < 1.29 is 9.47 Å². The van der Waals surface area contributed by atoms with Crippen LogP contribution in [0, 0.1) is 17.8 Å². The van der Waals surface area contributed by atoms with Crippen molar-refractivity contribution in [3.63, 3.8) is 0 Å². The van der Waals surface area contributed by atoms with E-state index in [2.05, 4.69) is 0 Å². The van der Waals surface area contributed by atoms with Gasteiger partial charge in [-0.15, -0.1) is 0 Å². The lowest BCUT2D eigenvalue weighted by Crippen LogP contribution is -2.38. The summed E-state index contributed by atoms with van der Waals surface area (Å²) in [6.45, 7) is 1.51. The van der Waals surface area contributed by atoms with Crippen molar-refractivity contribution in [3.05, 3.63) is 0 Å². The molecule has 0 N–H and O–H groups in total. The molecule has 0 radical (unpaired) electrons. The molecule has 2 nitrogen and oxygen atoms in total. The molecule has 11 heavy (non-hydrogen) atoms. The molecule has 0 aromatic rings. The maximum atomic E-state index is 5.61. The second-order valence-electron chi connectivity index (χ2n) is 4.12. The smallest absolute Gasteiger partial charge is 0.147 e. The van der Waals surface area contributed by atoms with Crippen LogP contribution in [-0.4, -0.2) is 19.5 Å². The second-order valence-corrected chi connectivity index (χ2v) is 4.12. The summed E-state index contributed by atoms with van der Waals surface area (Å²) >= 11 is 0. The monoisotopic (exact) mass is 154 g/mol. The van der Waals surface area contributed by atoms with Crippen LogP contribution in [0.25, 0.3) is 0 Å². The molecule has 3 rings (SSSR count). The molecule has 0 spiro atoms. The van der Waals surface area contributed by atoms with Gasteiger partial charge in [0.1, 0.15) is 6.79 Å². The van der Waals surface area contributed by atoms with Gasteiger partial charge in [0.25, 0.3) is 0 Å². The third kappa shape index (κ3) is 0.798. The summed E-state index contributed by atoms with van der Waals surface area (Å²) in [5, 5.41) is 0. The van der Waals surface area contributed by atoms with Crippen LogP contribution in [0.5, 0.6) is 0 Å². The Hall–Kier alpha value is -0.0800. The zero-order valence-electron chi connectivity index (χ0n) is 6.66. The Bertz CT molecular complexity index is 151. The fourth-order valence-corrected chi connectivity index (χ4v) is 3.16. The molecule has 4 atom stereocenters. The highest BCUT2D eigenvalue weighted by Crippen LogP contribution is 2.50. The minimum atomic E-state index is 0.546. The Morgan fingerprint density at radius 3 is 2.91 bits per heavy atom. The van der Waals surface area contributed by atoms with Crippen molar-refractivity contribution in [3.8, 4) is 0 Å². The molecule has 0 aromatic carbocycles. The fraction of sp³-hybridized carbons (Fsp3) is 1.00. The van der Waals surface area contributed by atoms with Crippen molar-refractivity contribution in [2.24, 2.45) is 17.8 Å². The van der Waals surface area contributed by atoms with Gasteiger partial charge in [0.05, 0.1) is 12.7 Å². The van der Waals surface area contributed by atoms with E-state index < -0.39 is 0 Å². The molecule has 2 aliphatic carbocycles. The first-order chi connectivity index (χ1) is 5.45.